The van der Waals surface area contributed by atoms with Crippen LogP contribution in [0.4, 0.5) is 0 Å². The average molecular weight is 241 g/mol. The summed E-state index contributed by atoms with van der Waals surface area (Å²) in [5.41, 5.74) is 1.18. The normalized spacial score (nSPS) is 9.88. The summed E-state index contributed by atoms with van der Waals surface area (Å²) in [5, 5.41) is 9.05. The van der Waals surface area contributed by atoms with Crippen LogP contribution in [0.2, 0.25) is 5.02 Å². The zero-order valence-electron chi connectivity index (χ0n) is 9.00. The van der Waals surface area contributed by atoms with Crippen LogP contribution in [-0.2, 0) is 0 Å². The number of aromatic carboxylic acids is 1. The van der Waals surface area contributed by atoms with Crippen molar-refractivity contribution in [2.24, 2.45) is 0 Å². The number of carboxylic acids is 1. The number of benzene rings is 1. The molecule has 0 radical (unpaired) electrons. The molecule has 0 aliphatic heterocycles. The number of hydrogen-bond donors (Lipinski definition) is 1. The van der Waals surface area contributed by atoms with Gasteiger partial charge in [-0.05, 0) is 25.1 Å². The predicted molar refractivity (Wildman–Crippen MR) is 63.3 cm³/mol. The van der Waals surface area contributed by atoms with Crippen LogP contribution in [0.1, 0.15) is 23.7 Å². The van der Waals surface area contributed by atoms with Gasteiger partial charge in [0.15, 0.2) is 0 Å². The largest absolute Gasteiger partial charge is 0.492 e. The van der Waals surface area contributed by atoms with Crippen LogP contribution in [0.15, 0.2) is 30.4 Å². The summed E-state index contributed by atoms with van der Waals surface area (Å²) in [4.78, 5) is 10.7. The predicted octanol–water partition coefficient (Wildman–Crippen LogP) is 3.38. The van der Waals surface area contributed by atoms with Crippen molar-refractivity contribution in [3.8, 4) is 5.75 Å². The Morgan fingerprint density at radius 2 is 2.25 bits per heavy atom. The fourth-order valence-corrected chi connectivity index (χ4v) is 1.32. The molecule has 1 N–H and O–H groups in total. The van der Waals surface area contributed by atoms with Crippen LogP contribution in [-0.4, -0.2) is 17.7 Å². The lowest BCUT2D eigenvalue weighted by Crippen LogP contribution is -2.00. The fourth-order valence-electron chi connectivity index (χ4n) is 1.09. The minimum atomic E-state index is -1.00. The Morgan fingerprint density at radius 3 is 2.75 bits per heavy atom. The Balaban J connectivity index is 2.68. The molecule has 0 unspecified atom stereocenters. The molecule has 0 aromatic heterocycles. The Hall–Kier alpha value is -1.48. The van der Waals surface area contributed by atoms with Crippen molar-refractivity contribution in [1.82, 2.24) is 0 Å². The van der Waals surface area contributed by atoms with Gasteiger partial charge in [-0.3, -0.25) is 0 Å². The standard InChI is InChI=1S/C12H13ClO3/c1-8(2)5-6-16-11-4-3-9(12(14)15)7-10(11)13/h3-4,7H,1,5-6H2,2H3,(H,14,15). The summed E-state index contributed by atoms with van der Waals surface area (Å²) in [5.74, 6) is -0.511. The first-order valence-electron chi connectivity index (χ1n) is 4.80. The zero-order chi connectivity index (χ0) is 12.1. The van der Waals surface area contributed by atoms with E-state index in [4.69, 9.17) is 21.4 Å². The zero-order valence-corrected chi connectivity index (χ0v) is 9.75. The molecule has 0 saturated carbocycles. The number of carboxylic acid groups (broad SMARTS) is 1. The smallest absolute Gasteiger partial charge is 0.335 e. The van der Waals surface area contributed by atoms with E-state index in [-0.39, 0.29) is 5.56 Å². The van der Waals surface area contributed by atoms with Crippen LogP contribution in [0.25, 0.3) is 0 Å². The molecule has 0 atom stereocenters. The van der Waals surface area contributed by atoms with Gasteiger partial charge >= 0.3 is 5.97 Å². The first-order chi connectivity index (χ1) is 7.50. The highest BCUT2D eigenvalue weighted by molar-refractivity contribution is 6.32. The second kappa shape index (κ2) is 5.56. The van der Waals surface area contributed by atoms with Crippen LogP contribution < -0.4 is 4.74 Å². The van der Waals surface area contributed by atoms with Gasteiger partial charge in [-0.2, -0.15) is 0 Å². The minimum Gasteiger partial charge on any atom is -0.492 e. The van der Waals surface area contributed by atoms with Crippen molar-refractivity contribution in [2.75, 3.05) is 6.61 Å². The second-order valence-corrected chi connectivity index (χ2v) is 3.91. The molecule has 3 nitrogen and oxygen atoms in total. The van der Waals surface area contributed by atoms with E-state index in [2.05, 4.69) is 6.58 Å². The highest BCUT2D eigenvalue weighted by atomic mass is 35.5. The summed E-state index contributed by atoms with van der Waals surface area (Å²) < 4.78 is 5.40. The van der Waals surface area contributed by atoms with Crippen LogP contribution in [0.3, 0.4) is 0 Å². The van der Waals surface area contributed by atoms with E-state index < -0.39 is 5.97 Å². The van der Waals surface area contributed by atoms with Crippen molar-refractivity contribution in [3.05, 3.63) is 40.9 Å². The van der Waals surface area contributed by atoms with Gasteiger partial charge in [-0.25, -0.2) is 4.79 Å². The molecule has 1 rings (SSSR count). The average Bonchev–Trinajstić information content (AvgIpc) is 2.19. The Kier molecular flexibility index (Phi) is 4.38. The van der Waals surface area contributed by atoms with Crippen LogP contribution in [0.5, 0.6) is 5.75 Å². The second-order valence-electron chi connectivity index (χ2n) is 3.51. The fraction of sp³-hybridized carbons (Fsp3) is 0.250. The molecule has 0 spiro atoms. The van der Waals surface area contributed by atoms with Crippen molar-refractivity contribution in [2.45, 2.75) is 13.3 Å². The van der Waals surface area contributed by atoms with Gasteiger partial charge in [0, 0.05) is 6.42 Å². The molecule has 0 heterocycles. The molecule has 1 aromatic carbocycles. The van der Waals surface area contributed by atoms with E-state index in [1.807, 2.05) is 6.92 Å². The first kappa shape index (κ1) is 12.6. The van der Waals surface area contributed by atoms with Crippen LogP contribution >= 0.6 is 11.6 Å². The molecule has 0 amide bonds. The third-order valence-electron chi connectivity index (χ3n) is 1.97. The quantitative estimate of drug-likeness (QED) is 0.803. The number of ether oxygens (including phenoxy) is 1. The lowest BCUT2D eigenvalue weighted by molar-refractivity contribution is 0.0697. The van der Waals surface area contributed by atoms with Gasteiger partial charge < -0.3 is 9.84 Å². The minimum absolute atomic E-state index is 0.150. The summed E-state index contributed by atoms with van der Waals surface area (Å²) in [6.45, 7) is 6.16. The third-order valence-corrected chi connectivity index (χ3v) is 2.26. The van der Waals surface area contributed by atoms with E-state index >= 15 is 0 Å². The van der Waals surface area contributed by atoms with E-state index in [1.165, 1.54) is 12.1 Å². The molecule has 0 aliphatic rings. The topological polar surface area (TPSA) is 46.5 Å². The van der Waals surface area contributed by atoms with E-state index in [0.717, 1.165) is 12.0 Å². The van der Waals surface area contributed by atoms with E-state index in [0.29, 0.717) is 17.4 Å². The maximum absolute atomic E-state index is 10.7. The summed E-state index contributed by atoms with van der Waals surface area (Å²) in [6, 6.07) is 4.40. The maximum Gasteiger partial charge on any atom is 0.335 e. The van der Waals surface area contributed by atoms with E-state index in [1.54, 1.807) is 6.07 Å². The Labute approximate surface area is 99.3 Å². The number of halogens is 1. The highest BCUT2D eigenvalue weighted by Crippen LogP contribution is 2.25. The molecule has 4 heteroatoms. The van der Waals surface area contributed by atoms with Gasteiger partial charge in [-0.15, -0.1) is 6.58 Å². The molecule has 0 bridgehead atoms. The Bertz CT molecular complexity index is 413. The lowest BCUT2D eigenvalue weighted by Gasteiger charge is -2.08. The first-order valence-corrected chi connectivity index (χ1v) is 5.18. The van der Waals surface area contributed by atoms with Crippen molar-refractivity contribution < 1.29 is 14.6 Å². The van der Waals surface area contributed by atoms with Crippen molar-refractivity contribution in [1.29, 1.82) is 0 Å². The molecule has 0 fully saturated rings. The number of rotatable bonds is 5. The molecule has 16 heavy (non-hydrogen) atoms. The number of hydrogen-bond acceptors (Lipinski definition) is 2. The summed E-state index contributed by atoms with van der Waals surface area (Å²) in [7, 11) is 0. The van der Waals surface area contributed by atoms with Gasteiger partial charge in [0.2, 0.25) is 0 Å². The lowest BCUT2D eigenvalue weighted by atomic mass is 10.2. The van der Waals surface area contributed by atoms with Gasteiger partial charge in [0.1, 0.15) is 5.75 Å². The summed E-state index contributed by atoms with van der Waals surface area (Å²) in [6.07, 6.45) is 0.747. The molecule has 0 aliphatic carbocycles. The van der Waals surface area contributed by atoms with Crippen LogP contribution in [0, 0.1) is 0 Å². The van der Waals surface area contributed by atoms with Gasteiger partial charge in [-0.1, -0.05) is 17.2 Å². The molecule has 0 saturated heterocycles. The van der Waals surface area contributed by atoms with Crippen molar-refractivity contribution in [3.63, 3.8) is 0 Å². The molecular weight excluding hydrogens is 228 g/mol. The number of carbonyl (C=O) groups is 1. The van der Waals surface area contributed by atoms with Crippen molar-refractivity contribution >= 4 is 17.6 Å². The Morgan fingerprint density at radius 1 is 1.56 bits per heavy atom. The van der Waals surface area contributed by atoms with Gasteiger partial charge in [0.25, 0.3) is 0 Å². The summed E-state index contributed by atoms with van der Waals surface area (Å²) >= 11 is 5.88. The molecular formula is C12H13ClO3. The maximum atomic E-state index is 10.7. The van der Waals surface area contributed by atoms with E-state index in [9.17, 15) is 4.79 Å². The molecule has 1 aromatic rings. The highest BCUT2D eigenvalue weighted by Gasteiger charge is 2.07. The third kappa shape index (κ3) is 3.59. The van der Waals surface area contributed by atoms with Gasteiger partial charge in [0.05, 0.1) is 17.2 Å². The molecule has 86 valence electrons. The monoisotopic (exact) mass is 240 g/mol. The SMILES string of the molecule is C=C(C)CCOc1ccc(C(=O)O)cc1Cl.